The zero-order chi connectivity index (χ0) is 29.3. The summed E-state index contributed by atoms with van der Waals surface area (Å²) in [4.78, 5) is 13.5. The van der Waals surface area contributed by atoms with E-state index in [9.17, 15) is 18.0 Å². The number of nitrogens with zero attached hydrogens (tertiary/aromatic N) is 1. The SMILES string of the molecule is COC(=O)[C@@H](NCc1cc(C2CC2)c(OCC2CCN(C(c3cc(Cl)cc(Cl)c3)C(F)(F)F)CC2)cc1F)C1CC1. The number of likely N-dealkylation sites (tertiary alicyclic amines) is 1. The first kappa shape index (κ1) is 30.4. The lowest BCUT2D eigenvalue weighted by Gasteiger charge is -2.38. The van der Waals surface area contributed by atoms with Crippen LogP contribution in [-0.4, -0.2) is 49.9 Å². The van der Waals surface area contributed by atoms with Gasteiger partial charge in [-0.1, -0.05) is 23.2 Å². The van der Waals surface area contributed by atoms with Crippen LogP contribution >= 0.6 is 23.2 Å². The molecule has 0 radical (unpaired) electrons. The van der Waals surface area contributed by atoms with Crippen molar-refractivity contribution in [2.45, 2.75) is 69.2 Å². The third-order valence-corrected chi connectivity index (χ3v) is 8.69. The van der Waals surface area contributed by atoms with Gasteiger partial charge in [0.2, 0.25) is 0 Å². The molecular weight excluding hydrogens is 583 g/mol. The molecule has 1 saturated heterocycles. The summed E-state index contributed by atoms with van der Waals surface area (Å²) in [7, 11) is 1.35. The molecule has 0 bridgehead atoms. The second kappa shape index (κ2) is 12.7. The quantitative estimate of drug-likeness (QED) is 0.210. The molecule has 2 aliphatic carbocycles. The maximum absolute atomic E-state index is 15.1. The molecule has 2 atom stereocenters. The van der Waals surface area contributed by atoms with E-state index in [0.717, 1.165) is 31.2 Å². The van der Waals surface area contributed by atoms with E-state index in [1.165, 1.54) is 36.3 Å². The lowest BCUT2D eigenvalue weighted by Crippen LogP contribution is -2.43. The molecule has 11 heteroatoms. The minimum Gasteiger partial charge on any atom is -0.493 e. The molecule has 0 spiro atoms. The summed E-state index contributed by atoms with van der Waals surface area (Å²) < 4.78 is 68.4. The highest BCUT2D eigenvalue weighted by atomic mass is 35.5. The average Bonchev–Trinajstić information content (AvgIpc) is 3.82. The normalized spacial score (nSPS) is 20.1. The molecule has 0 amide bonds. The van der Waals surface area contributed by atoms with E-state index in [-0.39, 0.29) is 53.0 Å². The van der Waals surface area contributed by atoms with Crippen LogP contribution < -0.4 is 10.1 Å². The number of ether oxygens (including phenoxy) is 2. The first-order valence-corrected chi connectivity index (χ1v) is 14.8. The number of halogens is 6. The Bertz CT molecular complexity index is 1220. The Kier molecular flexibility index (Phi) is 9.38. The molecular formula is C30H34Cl2F4N2O3. The highest BCUT2D eigenvalue weighted by Gasteiger charge is 2.46. The van der Waals surface area contributed by atoms with Gasteiger partial charge in [-0.25, -0.2) is 4.39 Å². The van der Waals surface area contributed by atoms with E-state index in [2.05, 4.69) is 5.32 Å². The molecule has 2 saturated carbocycles. The number of alkyl halides is 3. The van der Waals surface area contributed by atoms with Crippen LogP contribution in [0.25, 0.3) is 0 Å². The van der Waals surface area contributed by atoms with Gasteiger partial charge < -0.3 is 9.47 Å². The maximum atomic E-state index is 15.1. The summed E-state index contributed by atoms with van der Waals surface area (Å²) in [6.45, 7) is 0.980. The first-order chi connectivity index (χ1) is 19.5. The zero-order valence-corrected chi connectivity index (χ0v) is 24.3. The van der Waals surface area contributed by atoms with Crippen molar-refractivity contribution in [3.63, 3.8) is 0 Å². The lowest BCUT2D eigenvalue weighted by molar-refractivity contribution is -0.190. The zero-order valence-electron chi connectivity index (χ0n) is 22.8. The number of methoxy groups -OCH3 is 1. The van der Waals surface area contributed by atoms with Crippen LogP contribution in [-0.2, 0) is 16.1 Å². The summed E-state index contributed by atoms with van der Waals surface area (Å²) in [5.74, 6) is 0.294. The predicted molar refractivity (Wildman–Crippen MR) is 149 cm³/mol. The van der Waals surface area contributed by atoms with Crippen molar-refractivity contribution in [3.8, 4) is 5.75 Å². The number of piperidine rings is 1. The fraction of sp³-hybridized carbons (Fsp3) is 0.567. The fourth-order valence-electron chi connectivity index (χ4n) is 5.74. The number of esters is 1. The molecule has 0 aromatic heterocycles. The molecule has 2 aromatic rings. The van der Waals surface area contributed by atoms with Crippen LogP contribution in [0, 0.1) is 17.7 Å². The molecule has 3 aliphatic rings. The minimum absolute atomic E-state index is 0.0267. The van der Waals surface area contributed by atoms with Crippen LogP contribution in [0.3, 0.4) is 0 Å². The van der Waals surface area contributed by atoms with Gasteiger partial charge in [0.15, 0.2) is 0 Å². The van der Waals surface area contributed by atoms with E-state index in [0.29, 0.717) is 36.7 Å². The summed E-state index contributed by atoms with van der Waals surface area (Å²) in [6.07, 6.45) is 0.416. The van der Waals surface area contributed by atoms with E-state index in [1.807, 2.05) is 6.07 Å². The fourth-order valence-corrected chi connectivity index (χ4v) is 6.28. The van der Waals surface area contributed by atoms with Crippen molar-refractivity contribution in [1.29, 1.82) is 0 Å². The summed E-state index contributed by atoms with van der Waals surface area (Å²) in [5, 5.41) is 3.49. The summed E-state index contributed by atoms with van der Waals surface area (Å²) in [5.41, 5.74) is 1.44. The number of rotatable bonds is 11. The van der Waals surface area contributed by atoms with Gasteiger partial charge in [-0.15, -0.1) is 0 Å². The van der Waals surface area contributed by atoms with Crippen molar-refractivity contribution in [2.24, 2.45) is 11.8 Å². The average molecular weight is 618 g/mol. The van der Waals surface area contributed by atoms with Gasteiger partial charge in [0.25, 0.3) is 0 Å². The van der Waals surface area contributed by atoms with Crippen LogP contribution in [0.2, 0.25) is 10.0 Å². The van der Waals surface area contributed by atoms with Crippen LogP contribution in [0.5, 0.6) is 5.75 Å². The molecule has 1 aliphatic heterocycles. The van der Waals surface area contributed by atoms with Crippen molar-refractivity contribution < 1.29 is 31.8 Å². The Labute approximate surface area is 247 Å². The number of hydrogen-bond acceptors (Lipinski definition) is 5. The topological polar surface area (TPSA) is 50.8 Å². The van der Waals surface area contributed by atoms with Crippen LogP contribution in [0.1, 0.15) is 67.2 Å². The van der Waals surface area contributed by atoms with Gasteiger partial charge in [-0.2, -0.15) is 13.2 Å². The number of nitrogens with one attached hydrogen (secondary N) is 1. The second-order valence-electron chi connectivity index (χ2n) is 11.4. The Morgan fingerprint density at radius 1 is 1.02 bits per heavy atom. The monoisotopic (exact) mass is 616 g/mol. The maximum Gasteiger partial charge on any atom is 0.408 e. The molecule has 3 fully saturated rings. The predicted octanol–water partition coefficient (Wildman–Crippen LogP) is 7.45. The smallest absolute Gasteiger partial charge is 0.408 e. The first-order valence-electron chi connectivity index (χ1n) is 14.1. The third kappa shape index (κ3) is 7.66. The van der Waals surface area contributed by atoms with Gasteiger partial charge >= 0.3 is 12.1 Å². The van der Waals surface area contributed by atoms with Gasteiger partial charge in [0.05, 0.1) is 13.7 Å². The number of hydrogen-bond donors (Lipinski definition) is 1. The van der Waals surface area contributed by atoms with Crippen LogP contribution in [0.4, 0.5) is 17.6 Å². The summed E-state index contributed by atoms with van der Waals surface area (Å²) in [6, 6.07) is 5.04. The number of carbonyl (C=O) groups is 1. The Morgan fingerprint density at radius 3 is 2.24 bits per heavy atom. The number of benzene rings is 2. The molecule has 5 nitrogen and oxygen atoms in total. The molecule has 1 heterocycles. The minimum atomic E-state index is -4.49. The Hall–Kier alpha value is -2.07. The molecule has 41 heavy (non-hydrogen) atoms. The highest BCUT2D eigenvalue weighted by Crippen LogP contribution is 2.46. The number of carbonyl (C=O) groups excluding carboxylic acids is 1. The molecule has 1 N–H and O–H groups in total. The van der Waals surface area contributed by atoms with Crippen molar-refractivity contribution in [1.82, 2.24) is 10.2 Å². The van der Waals surface area contributed by atoms with Gasteiger partial charge in [0.1, 0.15) is 23.7 Å². The Morgan fingerprint density at radius 2 is 1.68 bits per heavy atom. The summed E-state index contributed by atoms with van der Waals surface area (Å²) >= 11 is 12.0. The molecule has 1 unspecified atom stereocenters. The van der Waals surface area contributed by atoms with Crippen LogP contribution in [0.15, 0.2) is 30.3 Å². The van der Waals surface area contributed by atoms with Crippen molar-refractivity contribution >= 4 is 29.2 Å². The van der Waals surface area contributed by atoms with E-state index in [4.69, 9.17) is 32.7 Å². The van der Waals surface area contributed by atoms with Gasteiger partial charge in [-0.3, -0.25) is 15.0 Å². The van der Waals surface area contributed by atoms with E-state index < -0.39 is 24.1 Å². The van der Waals surface area contributed by atoms with Gasteiger partial charge in [0, 0.05) is 28.2 Å². The van der Waals surface area contributed by atoms with Crippen molar-refractivity contribution in [3.05, 3.63) is 62.9 Å². The second-order valence-corrected chi connectivity index (χ2v) is 12.3. The van der Waals surface area contributed by atoms with E-state index in [1.54, 1.807) is 0 Å². The molecule has 224 valence electrons. The van der Waals surface area contributed by atoms with Crippen molar-refractivity contribution in [2.75, 3.05) is 26.8 Å². The highest BCUT2D eigenvalue weighted by molar-refractivity contribution is 6.34. The van der Waals surface area contributed by atoms with Gasteiger partial charge in [-0.05, 0) is 105 Å². The largest absolute Gasteiger partial charge is 0.493 e. The van der Waals surface area contributed by atoms with E-state index >= 15 is 4.39 Å². The Balaban J connectivity index is 1.20. The molecule has 5 rings (SSSR count). The standard InChI is InChI=1S/C30H34Cl2F4N2O3/c1-40-29(39)27(19-4-5-19)37-15-21-12-24(18-2-3-18)26(14-25(21)33)41-16-17-6-8-38(9-7-17)28(30(34,35)36)20-10-22(31)13-23(32)11-20/h10-14,17-19,27-28,37H,2-9,15-16H2,1H3/t27-,28?/m0/s1. The molecule has 2 aromatic carbocycles. The third-order valence-electron chi connectivity index (χ3n) is 8.26. The lowest BCUT2D eigenvalue weighted by atomic mass is 9.94.